The Hall–Kier alpha value is -0.760. The molecule has 0 aliphatic rings. The van der Waals surface area contributed by atoms with E-state index < -0.39 is 0 Å². The van der Waals surface area contributed by atoms with Crippen molar-refractivity contribution in [3.8, 4) is 0 Å². The second kappa shape index (κ2) is 4.40. The Morgan fingerprint density at radius 1 is 1.75 bits per heavy atom. The van der Waals surface area contributed by atoms with Crippen LogP contribution in [0.4, 0.5) is 0 Å². The van der Waals surface area contributed by atoms with Crippen LogP contribution in [0.1, 0.15) is 0 Å². The number of hydrogen-bond donors (Lipinski definition) is 1. The summed E-state index contributed by atoms with van der Waals surface area (Å²) in [5.41, 5.74) is 4.96. The molecule has 2 N–H and O–H groups in total. The average Bonchev–Trinajstić information content (AvgIpc) is 1.66. The van der Waals surface area contributed by atoms with Crippen molar-refractivity contribution in [1.29, 1.82) is 0 Å². The number of allylic oxidation sites excluding steroid dienone is 2. The Labute approximate surface area is 53.4 Å². The first-order valence-electron chi connectivity index (χ1n) is 2.03. The summed E-state index contributed by atoms with van der Waals surface area (Å²) in [5.74, 6) is 0. The normalized spacial score (nSPS) is 12.4. The van der Waals surface area contributed by atoms with Crippen LogP contribution in [0, 0.1) is 0 Å². The van der Waals surface area contributed by atoms with Gasteiger partial charge in [0.25, 0.3) is 0 Å². The maximum atomic E-state index is 5.16. The number of amidine groups is 1. The van der Waals surface area contributed by atoms with Gasteiger partial charge in [0.2, 0.25) is 0 Å². The van der Waals surface area contributed by atoms with Crippen molar-refractivity contribution < 1.29 is 0 Å². The summed E-state index contributed by atoms with van der Waals surface area (Å²) in [5, 5.41) is 0.0306. The van der Waals surface area contributed by atoms with E-state index in [1.165, 1.54) is 6.20 Å². The van der Waals surface area contributed by atoms with Gasteiger partial charge in [0, 0.05) is 6.20 Å². The Morgan fingerprint density at radius 3 is 2.75 bits per heavy atom. The minimum atomic E-state index is 0.0306. The second-order valence-electron chi connectivity index (χ2n) is 1.03. The van der Waals surface area contributed by atoms with Crippen molar-refractivity contribution in [1.82, 2.24) is 0 Å². The third-order valence-electron chi connectivity index (χ3n) is 0.420. The van der Waals surface area contributed by atoms with E-state index in [0.29, 0.717) is 0 Å². The summed E-state index contributed by atoms with van der Waals surface area (Å²) < 4.78 is 0. The minimum Gasteiger partial charge on any atom is -0.374 e. The molecular formula is C5H7ClN2. The van der Waals surface area contributed by atoms with Crippen LogP contribution in [0.2, 0.25) is 0 Å². The molecule has 0 aromatic rings. The average molecular weight is 131 g/mol. The first-order valence-corrected chi connectivity index (χ1v) is 2.41. The molecule has 0 rings (SSSR count). The highest BCUT2D eigenvalue weighted by molar-refractivity contribution is 6.64. The monoisotopic (exact) mass is 130 g/mol. The lowest BCUT2D eigenvalue weighted by Gasteiger charge is -1.76. The van der Waals surface area contributed by atoms with E-state index in [1.54, 1.807) is 12.2 Å². The van der Waals surface area contributed by atoms with Crippen LogP contribution < -0.4 is 5.73 Å². The summed E-state index contributed by atoms with van der Waals surface area (Å²) >= 11 is 5.16. The summed E-state index contributed by atoms with van der Waals surface area (Å²) in [7, 11) is 0. The fourth-order valence-corrected chi connectivity index (χ4v) is 0.231. The maximum Gasteiger partial charge on any atom is 0.193 e. The van der Waals surface area contributed by atoms with Crippen molar-refractivity contribution in [2.45, 2.75) is 0 Å². The summed E-state index contributed by atoms with van der Waals surface area (Å²) in [6, 6.07) is 0. The molecule has 0 fully saturated rings. The Balaban J connectivity index is 3.57. The standard InChI is InChI=1S/C5H7ClN2/c1-2-3-4-8-5(6)7/h2-4H,1H2,(H2,7,8)/b4-3-. The van der Waals surface area contributed by atoms with Gasteiger partial charge in [-0.25, -0.2) is 4.99 Å². The van der Waals surface area contributed by atoms with Gasteiger partial charge >= 0.3 is 0 Å². The highest BCUT2D eigenvalue weighted by atomic mass is 35.5. The van der Waals surface area contributed by atoms with Gasteiger partial charge in [0.15, 0.2) is 5.29 Å². The van der Waals surface area contributed by atoms with Gasteiger partial charge < -0.3 is 5.73 Å². The third kappa shape index (κ3) is 5.24. The van der Waals surface area contributed by atoms with Gasteiger partial charge in [-0.05, 0) is 17.7 Å². The lowest BCUT2D eigenvalue weighted by Crippen LogP contribution is -1.99. The van der Waals surface area contributed by atoms with E-state index in [1.807, 2.05) is 0 Å². The van der Waals surface area contributed by atoms with Gasteiger partial charge in [0.1, 0.15) is 0 Å². The largest absolute Gasteiger partial charge is 0.374 e. The molecule has 0 aromatic carbocycles. The van der Waals surface area contributed by atoms with Crippen LogP contribution in [0.3, 0.4) is 0 Å². The van der Waals surface area contributed by atoms with Crippen molar-refractivity contribution in [3.63, 3.8) is 0 Å². The van der Waals surface area contributed by atoms with Crippen LogP contribution in [0.5, 0.6) is 0 Å². The number of hydrogen-bond acceptors (Lipinski definition) is 1. The first-order chi connectivity index (χ1) is 3.77. The fraction of sp³-hybridized carbons (Fsp3) is 0. The molecule has 0 atom stereocenters. The highest BCUT2D eigenvalue weighted by Gasteiger charge is 1.70. The lowest BCUT2D eigenvalue weighted by atomic mass is 10.6. The number of rotatable bonds is 2. The molecule has 44 valence electrons. The van der Waals surface area contributed by atoms with Crippen LogP contribution in [-0.2, 0) is 0 Å². The van der Waals surface area contributed by atoms with E-state index in [0.717, 1.165) is 0 Å². The molecule has 0 saturated carbocycles. The van der Waals surface area contributed by atoms with Gasteiger partial charge in [-0.3, -0.25) is 0 Å². The number of nitrogens with two attached hydrogens (primary N) is 1. The fourth-order valence-electron chi connectivity index (χ4n) is 0.175. The second-order valence-corrected chi connectivity index (χ2v) is 1.42. The SMILES string of the molecule is C=C/C=C\N=C(N)Cl. The molecule has 0 radical (unpaired) electrons. The summed E-state index contributed by atoms with van der Waals surface area (Å²) in [6.45, 7) is 3.42. The molecular weight excluding hydrogens is 124 g/mol. The zero-order chi connectivity index (χ0) is 6.41. The molecule has 0 saturated heterocycles. The molecule has 0 bridgehead atoms. The van der Waals surface area contributed by atoms with Crippen LogP contribution >= 0.6 is 11.6 Å². The van der Waals surface area contributed by atoms with Crippen molar-refractivity contribution >= 4 is 16.9 Å². The topological polar surface area (TPSA) is 38.4 Å². The molecule has 0 heterocycles. The predicted octanol–water partition coefficient (Wildman–Crippen LogP) is 1.24. The van der Waals surface area contributed by atoms with Gasteiger partial charge in [0.05, 0.1) is 0 Å². The smallest absolute Gasteiger partial charge is 0.193 e. The molecule has 0 amide bonds. The van der Waals surface area contributed by atoms with E-state index in [9.17, 15) is 0 Å². The minimum absolute atomic E-state index is 0.0306. The first kappa shape index (κ1) is 7.24. The molecule has 0 aliphatic heterocycles. The summed E-state index contributed by atoms with van der Waals surface area (Å²) in [6.07, 6.45) is 4.69. The summed E-state index contributed by atoms with van der Waals surface area (Å²) in [4.78, 5) is 3.52. The molecule has 8 heavy (non-hydrogen) atoms. The molecule has 2 nitrogen and oxygen atoms in total. The Kier molecular flexibility index (Phi) is 3.98. The van der Waals surface area contributed by atoms with Gasteiger partial charge in [-0.2, -0.15) is 0 Å². The lowest BCUT2D eigenvalue weighted by molar-refractivity contribution is 1.54. The maximum absolute atomic E-state index is 5.16. The number of nitrogens with zero attached hydrogens (tertiary/aromatic N) is 1. The zero-order valence-electron chi connectivity index (χ0n) is 4.34. The zero-order valence-corrected chi connectivity index (χ0v) is 5.10. The van der Waals surface area contributed by atoms with Gasteiger partial charge in [-0.1, -0.05) is 12.7 Å². The quantitative estimate of drug-likeness (QED) is 0.260. The van der Waals surface area contributed by atoms with E-state index in [-0.39, 0.29) is 5.29 Å². The highest BCUT2D eigenvalue weighted by Crippen LogP contribution is 1.78. The number of halogens is 1. The third-order valence-corrected chi connectivity index (χ3v) is 0.518. The number of aliphatic imine (C=N–C) groups is 1. The Morgan fingerprint density at radius 2 is 2.38 bits per heavy atom. The van der Waals surface area contributed by atoms with Gasteiger partial charge in [-0.15, -0.1) is 0 Å². The molecule has 0 aromatic heterocycles. The van der Waals surface area contributed by atoms with Crippen molar-refractivity contribution in [3.05, 3.63) is 24.9 Å². The van der Waals surface area contributed by atoms with Crippen LogP contribution in [0.15, 0.2) is 29.9 Å². The molecule has 3 heteroatoms. The van der Waals surface area contributed by atoms with Crippen LogP contribution in [0.25, 0.3) is 0 Å². The molecule has 0 spiro atoms. The van der Waals surface area contributed by atoms with E-state index in [2.05, 4.69) is 11.6 Å². The van der Waals surface area contributed by atoms with Crippen molar-refractivity contribution in [2.24, 2.45) is 10.7 Å². The molecule has 0 unspecified atom stereocenters. The molecule has 0 aliphatic carbocycles. The van der Waals surface area contributed by atoms with E-state index >= 15 is 0 Å². The van der Waals surface area contributed by atoms with E-state index in [4.69, 9.17) is 17.3 Å². The van der Waals surface area contributed by atoms with Crippen molar-refractivity contribution in [2.75, 3.05) is 0 Å². The van der Waals surface area contributed by atoms with Crippen LogP contribution in [-0.4, -0.2) is 5.29 Å². The Bertz CT molecular complexity index is 122. The predicted molar refractivity (Wildman–Crippen MR) is 36.8 cm³/mol.